The van der Waals surface area contributed by atoms with E-state index in [2.05, 4.69) is 27.1 Å². The smallest absolute Gasteiger partial charge is 0.225 e. The van der Waals surface area contributed by atoms with Crippen LogP contribution in [0.25, 0.3) is 11.3 Å². The maximum atomic E-state index is 14.2. The predicted octanol–water partition coefficient (Wildman–Crippen LogP) is 3.97. The molecule has 1 saturated heterocycles. The molecule has 4 rings (SSSR count). The Morgan fingerprint density at radius 3 is 2.68 bits per heavy atom. The third kappa shape index (κ3) is 5.15. The van der Waals surface area contributed by atoms with E-state index in [1.54, 1.807) is 12.1 Å². The Morgan fingerprint density at radius 2 is 1.97 bits per heavy atom. The average Bonchev–Trinajstić information content (AvgIpc) is 2.83. The summed E-state index contributed by atoms with van der Waals surface area (Å²) >= 11 is 0. The summed E-state index contributed by atoms with van der Waals surface area (Å²) in [5, 5.41) is 12.0. The number of nitriles is 1. The van der Waals surface area contributed by atoms with Crippen LogP contribution < -0.4 is 16.0 Å². The lowest BCUT2D eigenvalue weighted by atomic mass is 9.92. The Balaban J connectivity index is 1.51. The van der Waals surface area contributed by atoms with Crippen molar-refractivity contribution in [3.05, 3.63) is 71.0 Å². The van der Waals surface area contributed by atoms with Gasteiger partial charge in [-0.25, -0.2) is 9.37 Å². The SMILES string of the molecule is Cc1ccc(CNC(=O)C2CCC(C)N(c3cc(-c4ccc(C#N)c(F)c4)nc(N)n3)C2)cc1. The zero-order chi connectivity index (χ0) is 24.2. The summed E-state index contributed by atoms with van der Waals surface area (Å²) in [7, 11) is 0. The number of hydrogen-bond donors (Lipinski definition) is 2. The molecule has 0 spiro atoms. The maximum absolute atomic E-state index is 14.2. The van der Waals surface area contributed by atoms with E-state index in [9.17, 15) is 9.18 Å². The van der Waals surface area contributed by atoms with Crippen LogP contribution in [-0.2, 0) is 11.3 Å². The van der Waals surface area contributed by atoms with Gasteiger partial charge in [-0.15, -0.1) is 0 Å². The number of nitrogens with one attached hydrogen (secondary N) is 1. The lowest BCUT2D eigenvalue weighted by Crippen LogP contribution is -2.47. The van der Waals surface area contributed by atoms with Crippen molar-refractivity contribution in [3.8, 4) is 17.3 Å². The molecule has 7 nitrogen and oxygen atoms in total. The van der Waals surface area contributed by atoms with Gasteiger partial charge in [0.1, 0.15) is 17.7 Å². The van der Waals surface area contributed by atoms with E-state index in [4.69, 9.17) is 11.0 Å². The van der Waals surface area contributed by atoms with Crippen molar-refractivity contribution >= 4 is 17.7 Å². The number of rotatable bonds is 5. The molecule has 34 heavy (non-hydrogen) atoms. The van der Waals surface area contributed by atoms with Crippen LogP contribution in [0.3, 0.4) is 0 Å². The van der Waals surface area contributed by atoms with Gasteiger partial charge >= 0.3 is 0 Å². The molecule has 8 heteroatoms. The van der Waals surface area contributed by atoms with Gasteiger partial charge in [-0.05, 0) is 44.4 Å². The van der Waals surface area contributed by atoms with Gasteiger partial charge in [0.25, 0.3) is 0 Å². The summed E-state index contributed by atoms with van der Waals surface area (Å²) < 4.78 is 14.2. The zero-order valence-electron chi connectivity index (χ0n) is 19.3. The number of aryl methyl sites for hydroxylation is 1. The van der Waals surface area contributed by atoms with Gasteiger partial charge in [0.2, 0.25) is 11.9 Å². The number of hydrogen-bond acceptors (Lipinski definition) is 6. The number of benzene rings is 2. The van der Waals surface area contributed by atoms with Gasteiger partial charge in [0.15, 0.2) is 0 Å². The highest BCUT2D eigenvalue weighted by Crippen LogP contribution is 2.30. The van der Waals surface area contributed by atoms with Crippen LogP contribution in [0, 0.1) is 30.0 Å². The standard InChI is InChI=1S/C26H27FN6O/c1-16-3-6-18(7-4-16)14-30-25(34)21-8-5-17(2)33(15-21)24-12-23(31-26(29)32-24)19-9-10-20(13-28)22(27)11-19/h3-4,6-7,9-12,17,21H,5,8,14-15H2,1-2H3,(H,30,34)(H2,29,31,32). The van der Waals surface area contributed by atoms with Crippen LogP contribution >= 0.6 is 0 Å². The minimum atomic E-state index is -0.615. The van der Waals surface area contributed by atoms with Crippen molar-refractivity contribution in [1.29, 1.82) is 5.26 Å². The topological polar surface area (TPSA) is 108 Å². The number of halogens is 1. The van der Waals surface area contributed by atoms with Crippen LogP contribution in [0.5, 0.6) is 0 Å². The van der Waals surface area contributed by atoms with Crippen molar-refractivity contribution in [2.45, 2.75) is 39.3 Å². The molecule has 0 aliphatic carbocycles. The quantitative estimate of drug-likeness (QED) is 0.599. The van der Waals surface area contributed by atoms with E-state index in [0.29, 0.717) is 30.2 Å². The van der Waals surface area contributed by atoms with Gasteiger partial charge in [-0.2, -0.15) is 10.2 Å². The summed E-state index contributed by atoms with van der Waals surface area (Å²) in [6.45, 7) is 5.10. The third-order valence-corrected chi connectivity index (χ3v) is 6.25. The first-order chi connectivity index (χ1) is 16.3. The first-order valence-corrected chi connectivity index (χ1v) is 11.3. The molecule has 2 unspecified atom stereocenters. The molecule has 2 atom stereocenters. The average molecular weight is 459 g/mol. The number of anilines is 2. The van der Waals surface area contributed by atoms with Crippen LogP contribution in [0.15, 0.2) is 48.5 Å². The molecule has 1 aliphatic rings. The van der Waals surface area contributed by atoms with Crippen LogP contribution in [-0.4, -0.2) is 28.5 Å². The first kappa shape index (κ1) is 23.2. The summed E-state index contributed by atoms with van der Waals surface area (Å²) in [5.41, 5.74) is 9.16. The summed E-state index contributed by atoms with van der Waals surface area (Å²) in [5.74, 6) is -0.135. The van der Waals surface area contributed by atoms with Gasteiger partial charge < -0.3 is 16.0 Å². The lowest BCUT2D eigenvalue weighted by Gasteiger charge is -2.38. The van der Waals surface area contributed by atoms with Gasteiger partial charge in [-0.1, -0.05) is 35.9 Å². The Hall–Kier alpha value is -3.99. The second-order valence-corrected chi connectivity index (χ2v) is 8.76. The molecule has 0 radical (unpaired) electrons. The molecule has 1 aromatic heterocycles. The Kier molecular flexibility index (Phi) is 6.73. The van der Waals surface area contributed by atoms with Crippen molar-refractivity contribution in [2.24, 2.45) is 5.92 Å². The Morgan fingerprint density at radius 1 is 1.21 bits per heavy atom. The number of nitrogens with two attached hydrogens (primary N) is 1. The molecule has 2 aromatic carbocycles. The Bertz CT molecular complexity index is 1240. The highest BCUT2D eigenvalue weighted by molar-refractivity contribution is 5.79. The second-order valence-electron chi connectivity index (χ2n) is 8.76. The molecule has 3 aromatic rings. The Labute approximate surface area is 198 Å². The predicted molar refractivity (Wildman–Crippen MR) is 129 cm³/mol. The normalized spacial score (nSPS) is 17.8. The molecule has 1 fully saturated rings. The molecule has 1 amide bonds. The number of carbonyl (C=O) groups excluding carboxylic acids is 1. The molecule has 174 valence electrons. The fourth-order valence-corrected chi connectivity index (χ4v) is 4.19. The molecular formula is C26H27FN6O. The van der Waals surface area contributed by atoms with E-state index in [0.717, 1.165) is 18.4 Å². The van der Waals surface area contributed by atoms with Gasteiger partial charge in [-0.3, -0.25) is 4.79 Å². The maximum Gasteiger partial charge on any atom is 0.225 e. The summed E-state index contributed by atoms with van der Waals surface area (Å²) in [4.78, 5) is 23.6. The largest absolute Gasteiger partial charge is 0.368 e. The zero-order valence-corrected chi connectivity index (χ0v) is 19.3. The van der Waals surface area contributed by atoms with Crippen molar-refractivity contribution in [2.75, 3.05) is 17.2 Å². The summed E-state index contributed by atoms with van der Waals surface area (Å²) in [6, 6.07) is 16.1. The molecule has 1 aliphatic heterocycles. The number of amides is 1. The van der Waals surface area contributed by atoms with Crippen LogP contribution in [0.2, 0.25) is 0 Å². The van der Waals surface area contributed by atoms with Crippen molar-refractivity contribution in [1.82, 2.24) is 15.3 Å². The molecule has 0 saturated carbocycles. The van der Waals surface area contributed by atoms with E-state index >= 15 is 0 Å². The van der Waals surface area contributed by atoms with Gasteiger partial charge in [0, 0.05) is 30.8 Å². The third-order valence-electron chi connectivity index (χ3n) is 6.25. The first-order valence-electron chi connectivity index (χ1n) is 11.3. The van der Waals surface area contributed by atoms with Crippen molar-refractivity contribution < 1.29 is 9.18 Å². The number of nitrogens with zero attached hydrogens (tertiary/aromatic N) is 4. The minimum absolute atomic E-state index is 0.00823. The number of nitrogen functional groups attached to an aromatic ring is 1. The summed E-state index contributed by atoms with van der Waals surface area (Å²) in [6.07, 6.45) is 1.61. The van der Waals surface area contributed by atoms with E-state index in [1.807, 2.05) is 37.3 Å². The number of carbonyl (C=O) groups is 1. The number of piperidine rings is 1. The van der Waals surface area contributed by atoms with E-state index < -0.39 is 5.82 Å². The molecule has 0 bridgehead atoms. The van der Waals surface area contributed by atoms with Crippen LogP contribution in [0.1, 0.15) is 36.5 Å². The fourth-order valence-electron chi connectivity index (χ4n) is 4.19. The molecular weight excluding hydrogens is 431 g/mol. The van der Waals surface area contributed by atoms with Crippen molar-refractivity contribution in [3.63, 3.8) is 0 Å². The highest BCUT2D eigenvalue weighted by atomic mass is 19.1. The highest BCUT2D eigenvalue weighted by Gasteiger charge is 2.31. The van der Waals surface area contributed by atoms with Gasteiger partial charge in [0.05, 0.1) is 17.2 Å². The van der Waals surface area contributed by atoms with E-state index in [1.165, 1.54) is 17.7 Å². The molecule has 3 N–H and O–H groups in total. The monoisotopic (exact) mass is 458 g/mol. The van der Waals surface area contributed by atoms with E-state index in [-0.39, 0.29) is 29.4 Å². The van der Waals surface area contributed by atoms with Crippen LogP contribution in [0.4, 0.5) is 16.2 Å². The molecule has 2 heterocycles. The number of aromatic nitrogens is 2. The fraction of sp³-hybridized carbons (Fsp3) is 0.308. The minimum Gasteiger partial charge on any atom is -0.368 e. The second kappa shape index (κ2) is 9.87. The lowest BCUT2D eigenvalue weighted by molar-refractivity contribution is -0.125.